The molecule has 0 saturated carbocycles. The molecule has 0 rings (SSSR count). The fourth-order valence-electron chi connectivity index (χ4n) is 0.752. The number of carbonyl (C=O) groups is 1. The maximum absolute atomic E-state index is 10.6. The minimum Gasteiger partial charge on any atom is -0.359 e. The summed E-state index contributed by atoms with van der Waals surface area (Å²) in [6.07, 6.45) is 2.27. The summed E-state index contributed by atoms with van der Waals surface area (Å²) in [6, 6.07) is 0. The molecule has 1 amide bonds. The Kier molecular flexibility index (Phi) is 14.1. The van der Waals surface area contributed by atoms with Crippen LogP contribution in [-0.2, 0) is 15.9 Å². The number of hydrogen-bond donors (Lipinski definition) is 3. The standard InChI is InChI=1S/C7H15NO.C3H9NO2S/c1-6(2)4-5-7(9)8-3;4-2-1-3-7(5)6/h6H,4-5H2,1-3H3,(H,8,9);1-4H2,(H,5,6). The smallest absolute Gasteiger partial charge is 0.219 e. The fraction of sp³-hybridized carbons (Fsp3) is 0.900. The van der Waals surface area contributed by atoms with Crippen LogP contribution in [0.2, 0.25) is 0 Å². The number of carbonyl (C=O) groups excluding carboxylic acids is 1. The average Bonchev–Trinajstić information content (AvgIpc) is 2.23. The Hall–Kier alpha value is -0.460. The van der Waals surface area contributed by atoms with Crippen molar-refractivity contribution in [2.75, 3.05) is 19.3 Å². The number of hydrogen-bond acceptors (Lipinski definition) is 3. The summed E-state index contributed by atoms with van der Waals surface area (Å²) in [5.74, 6) is 1.07. The zero-order chi connectivity index (χ0) is 13.0. The Morgan fingerprint density at radius 1 is 1.50 bits per heavy atom. The number of nitrogens with two attached hydrogens (primary N) is 1. The lowest BCUT2D eigenvalue weighted by molar-refractivity contribution is -0.120. The number of nitrogens with one attached hydrogen (secondary N) is 1. The van der Waals surface area contributed by atoms with Crippen molar-refractivity contribution in [3.05, 3.63) is 0 Å². The maximum atomic E-state index is 10.6. The first kappa shape index (κ1) is 17.9. The van der Waals surface area contributed by atoms with E-state index in [2.05, 4.69) is 19.2 Å². The van der Waals surface area contributed by atoms with Crippen LogP contribution in [0.1, 0.15) is 33.1 Å². The highest BCUT2D eigenvalue weighted by Crippen LogP contribution is 2.01. The van der Waals surface area contributed by atoms with Crippen molar-refractivity contribution in [1.29, 1.82) is 0 Å². The van der Waals surface area contributed by atoms with Crippen LogP contribution < -0.4 is 11.1 Å². The quantitative estimate of drug-likeness (QED) is 0.607. The highest BCUT2D eigenvalue weighted by atomic mass is 32.2. The van der Waals surface area contributed by atoms with Gasteiger partial charge < -0.3 is 15.6 Å². The van der Waals surface area contributed by atoms with Crippen molar-refractivity contribution < 1.29 is 13.6 Å². The second-order valence-corrected chi connectivity index (χ2v) is 4.82. The van der Waals surface area contributed by atoms with E-state index >= 15 is 0 Å². The third-order valence-corrected chi connectivity index (χ3v) is 2.39. The Morgan fingerprint density at radius 3 is 2.31 bits per heavy atom. The SMILES string of the molecule is CNC(=O)CCC(C)C.NCCCS(=O)O. The molecule has 1 unspecified atom stereocenters. The molecular weight excluding hydrogens is 228 g/mol. The Labute approximate surface area is 100 Å². The van der Waals surface area contributed by atoms with Crippen LogP contribution in [0, 0.1) is 5.92 Å². The summed E-state index contributed by atoms with van der Waals surface area (Å²) in [5, 5.41) is 2.58. The molecule has 0 aromatic rings. The van der Waals surface area contributed by atoms with Crippen molar-refractivity contribution in [3.8, 4) is 0 Å². The molecule has 6 heteroatoms. The lowest BCUT2D eigenvalue weighted by Crippen LogP contribution is -2.17. The summed E-state index contributed by atoms with van der Waals surface area (Å²) in [4.78, 5) is 10.6. The highest BCUT2D eigenvalue weighted by molar-refractivity contribution is 7.79. The predicted octanol–water partition coefficient (Wildman–Crippen LogP) is 0.726. The lowest BCUT2D eigenvalue weighted by Gasteiger charge is -2.01. The van der Waals surface area contributed by atoms with Gasteiger partial charge in [0.05, 0.1) is 5.75 Å². The van der Waals surface area contributed by atoms with E-state index in [9.17, 15) is 9.00 Å². The molecule has 0 aliphatic heterocycles. The van der Waals surface area contributed by atoms with E-state index in [-0.39, 0.29) is 5.91 Å². The summed E-state index contributed by atoms with van der Waals surface area (Å²) < 4.78 is 17.9. The van der Waals surface area contributed by atoms with Gasteiger partial charge in [0.15, 0.2) is 11.1 Å². The second-order valence-electron chi connectivity index (χ2n) is 3.77. The van der Waals surface area contributed by atoms with E-state index in [4.69, 9.17) is 10.3 Å². The van der Waals surface area contributed by atoms with Crippen LogP contribution >= 0.6 is 0 Å². The topological polar surface area (TPSA) is 92.4 Å². The van der Waals surface area contributed by atoms with Crippen molar-refractivity contribution >= 4 is 17.0 Å². The molecule has 0 aromatic heterocycles. The van der Waals surface area contributed by atoms with Gasteiger partial charge in [-0.3, -0.25) is 4.79 Å². The summed E-state index contributed by atoms with van der Waals surface area (Å²) in [6.45, 7) is 4.72. The zero-order valence-electron chi connectivity index (χ0n) is 10.4. The molecule has 1 atom stereocenters. The van der Waals surface area contributed by atoms with Crippen molar-refractivity contribution in [2.45, 2.75) is 33.1 Å². The van der Waals surface area contributed by atoms with Crippen LogP contribution in [0.25, 0.3) is 0 Å². The minimum atomic E-state index is -1.65. The van der Waals surface area contributed by atoms with E-state index < -0.39 is 11.1 Å². The predicted molar refractivity (Wildman–Crippen MR) is 67.4 cm³/mol. The van der Waals surface area contributed by atoms with Crippen molar-refractivity contribution in [3.63, 3.8) is 0 Å². The molecule has 0 fully saturated rings. The Bertz CT molecular complexity index is 199. The van der Waals surface area contributed by atoms with Gasteiger partial charge in [-0.15, -0.1) is 0 Å². The lowest BCUT2D eigenvalue weighted by atomic mass is 10.1. The van der Waals surface area contributed by atoms with Crippen LogP contribution in [0.15, 0.2) is 0 Å². The first-order chi connectivity index (χ1) is 7.43. The molecule has 0 saturated heterocycles. The van der Waals surface area contributed by atoms with Crippen molar-refractivity contribution in [2.24, 2.45) is 11.7 Å². The van der Waals surface area contributed by atoms with Crippen LogP contribution in [-0.4, -0.2) is 34.0 Å². The molecule has 16 heavy (non-hydrogen) atoms. The van der Waals surface area contributed by atoms with E-state index in [1.807, 2.05) is 0 Å². The first-order valence-electron chi connectivity index (χ1n) is 5.42. The summed E-state index contributed by atoms with van der Waals surface area (Å²) in [7, 11) is 1.67. The third kappa shape index (κ3) is 19.2. The normalized spacial score (nSPS) is 11.6. The molecular formula is C10H24N2O3S. The van der Waals surface area contributed by atoms with Gasteiger partial charge in [0.1, 0.15) is 0 Å². The number of rotatable bonds is 6. The van der Waals surface area contributed by atoms with Gasteiger partial charge >= 0.3 is 0 Å². The van der Waals surface area contributed by atoms with E-state index in [1.165, 1.54) is 0 Å². The molecule has 5 nitrogen and oxygen atoms in total. The molecule has 0 aliphatic carbocycles. The molecule has 0 bridgehead atoms. The van der Waals surface area contributed by atoms with Gasteiger partial charge in [0.2, 0.25) is 5.91 Å². The highest BCUT2D eigenvalue weighted by Gasteiger charge is 1.98. The van der Waals surface area contributed by atoms with E-state index in [0.717, 1.165) is 6.42 Å². The molecule has 4 N–H and O–H groups in total. The molecule has 0 heterocycles. The first-order valence-corrected chi connectivity index (χ1v) is 6.69. The second kappa shape index (κ2) is 12.6. The van der Waals surface area contributed by atoms with Gasteiger partial charge in [-0.2, -0.15) is 0 Å². The molecule has 0 spiro atoms. The average molecular weight is 252 g/mol. The van der Waals surface area contributed by atoms with Gasteiger partial charge in [0, 0.05) is 13.5 Å². The Balaban J connectivity index is 0. The maximum Gasteiger partial charge on any atom is 0.219 e. The van der Waals surface area contributed by atoms with Crippen LogP contribution in [0.5, 0.6) is 0 Å². The van der Waals surface area contributed by atoms with E-state index in [1.54, 1.807) is 7.05 Å². The van der Waals surface area contributed by atoms with Gasteiger partial charge in [-0.05, 0) is 25.3 Å². The fourth-order valence-corrected chi connectivity index (χ4v) is 1.17. The van der Waals surface area contributed by atoms with Gasteiger partial charge in [-0.25, -0.2) is 4.21 Å². The van der Waals surface area contributed by atoms with Gasteiger partial charge in [-0.1, -0.05) is 13.8 Å². The summed E-state index contributed by atoms with van der Waals surface area (Å²) in [5.41, 5.74) is 5.03. The largest absolute Gasteiger partial charge is 0.359 e. The number of amides is 1. The minimum absolute atomic E-state index is 0.142. The monoisotopic (exact) mass is 252 g/mol. The zero-order valence-corrected chi connectivity index (χ0v) is 11.2. The third-order valence-electron chi connectivity index (χ3n) is 1.75. The molecule has 0 aliphatic rings. The van der Waals surface area contributed by atoms with Gasteiger partial charge in [0.25, 0.3) is 0 Å². The summed E-state index contributed by atoms with van der Waals surface area (Å²) >= 11 is -1.65. The molecule has 0 radical (unpaired) electrons. The van der Waals surface area contributed by atoms with E-state index in [0.29, 0.717) is 31.1 Å². The molecule has 0 aromatic carbocycles. The molecule has 98 valence electrons. The van der Waals surface area contributed by atoms with Crippen LogP contribution in [0.4, 0.5) is 0 Å². The van der Waals surface area contributed by atoms with Crippen molar-refractivity contribution in [1.82, 2.24) is 5.32 Å². The Morgan fingerprint density at radius 2 is 2.06 bits per heavy atom. The van der Waals surface area contributed by atoms with Crippen LogP contribution in [0.3, 0.4) is 0 Å².